The highest BCUT2D eigenvalue weighted by Gasteiger charge is 2.30. The Hall–Kier alpha value is -0.850. The largest absolute Gasteiger partial charge is 0.303 e. The van der Waals surface area contributed by atoms with Crippen molar-refractivity contribution in [3.05, 3.63) is 23.8 Å². The molecule has 0 saturated heterocycles. The number of aldehydes is 1. The first-order chi connectivity index (χ1) is 6.50. The molecular weight excluding hydrogens is 172 g/mol. The first kappa shape index (κ1) is 11.2. The van der Waals surface area contributed by atoms with Crippen molar-refractivity contribution in [3.8, 4) is 0 Å². The predicted molar refractivity (Wildman–Crippen MR) is 60.0 cm³/mol. The van der Waals surface area contributed by atoms with Crippen molar-refractivity contribution in [2.75, 3.05) is 0 Å². The summed E-state index contributed by atoms with van der Waals surface area (Å²) in [5.41, 5.74) is 1.48. The minimum Gasteiger partial charge on any atom is -0.303 e. The van der Waals surface area contributed by atoms with Crippen LogP contribution in [0.4, 0.5) is 0 Å². The van der Waals surface area contributed by atoms with Gasteiger partial charge < -0.3 is 4.79 Å². The molecule has 0 spiro atoms. The third-order valence-electron chi connectivity index (χ3n) is 3.13. The van der Waals surface area contributed by atoms with Gasteiger partial charge in [0.25, 0.3) is 0 Å². The lowest BCUT2D eigenvalue weighted by molar-refractivity contribution is -0.112. The lowest BCUT2D eigenvalue weighted by atomic mass is 9.70. The van der Waals surface area contributed by atoms with Crippen LogP contribution in [0.15, 0.2) is 23.8 Å². The topological polar surface area (TPSA) is 17.1 Å². The van der Waals surface area contributed by atoms with Crippen LogP contribution in [0, 0.1) is 17.3 Å². The Morgan fingerprint density at radius 3 is 2.64 bits per heavy atom. The summed E-state index contributed by atoms with van der Waals surface area (Å²) in [6.45, 7) is 8.50. The normalized spacial score (nSPS) is 31.6. The highest BCUT2D eigenvalue weighted by Crippen LogP contribution is 2.38. The van der Waals surface area contributed by atoms with E-state index in [0.717, 1.165) is 12.7 Å². The van der Waals surface area contributed by atoms with Gasteiger partial charge in [0.2, 0.25) is 0 Å². The van der Waals surface area contributed by atoms with E-state index in [0.29, 0.717) is 5.92 Å². The Morgan fingerprint density at radius 2 is 2.14 bits per heavy atom. The Labute approximate surface area is 86.9 Å². The average Bonchev–Trinajstić information content (AvgIpc) is 2.15. The highest BCUT2D eigenvalue weighted by atomic mass is 16.1. The van der Waals surface area contributed by atoms with Crippen molar-refractivity contribution in [2.45, 2.75) is 34.1 Å². The second-order valence-corrected chi connectivity index (χ2v) is 4.91. The van der Waals surface area contributed by atoms with Gasteiger partial charge in [0, 0.05) is 11.8 Å². The van der Waals surface area contributed by atoms with Crippen molar-refractivity contribution in [2.24, 2.45) is 17.3 Å². The quantitative estimate of drug-likeness (QED) is 0.484. The number of carbonyl (C=O) groups is 1. The van der Waals surface area contributed by atoms with Gasteiger partial charge in [-0.2, -0.15) is 0 Å². The lowest BCUT2D eigenvalue weighted by Gasteiger charge is -2.33. The minimum absolute atomic E-state index is 0.159. The second-order valence-electron chi connectivity index (χ2n) is 4.91. The van der Waals surface area contributed by atoms with Crippen LogP contribution in [0.2, 0.25) is 0 Å². The minimum atomic E-state index is 0.159. The molecule has 0 N–H and O–H groups in total. The molecule has 0 aromatic heterocycles. The Balaban J connectivity index is 2.92. The molecule has 1 aliphatic carbocycles. The molecule has 0 amide bonds. The molecule has 0 aromatic carbocycles. The zero-order chi connectivity index (χ0) is 10.8. The van der Waals surface area contributed by atoms with Crippen LogP contribution in [0.25, 0.3) is 0 Å². The summed E-state index contributed by atoms with van der Waals surface area (Å²) in [4.78, 5) is 11.0. The van der Waals surface area contributed by atoms with Gasteiger partial charge >= 0.3 is 0 Å². The van der Waals surface area contributed by atoms with Crippen LogP contribution in [-0.2, 0) is 4.79 Å². The fourth-order valence-electron chi connectivity index (χ4n) is 2.12. The zero-order valence-electron chi connectivity index (χ0n) is 9.58. The van der Waals surface area contributed by atoms with Crippen LogP contribution < -0.4 is 0 Å². The average molecular weight is 192 g/mol. The summed E-state index contributed by atoms with van der Waals surface area (Å²) in [5, 5.41) is 0. The fourth-order valence-corrected chi connectivity index (χ4v) is 2.12. The van der Waals surface area contributed by atoms with Gasteiger partial charge in [0.1, 0.15) is 6.29 Å². The van der Waals surface area contributed by atoms with Gasteiger partial charge in [-0.1, -0.05) is 37.6 Å². The number of hydrogen-bond donors (Lipinski definition) is 0. The third kappa shape index (κ3) is 2.34. The number of rotatable bonds is 2. The predicted octanol–water partition coefficient (Wildman–Crippen LogP) is 3.37. The lowest BCUT2D eigenvalue weighted by Crippen LogP contribution is -2.27. The number of hydrogen-bond acceptors (Lipinski definition) is 1. The van der Waals surface area contributed by atoms with Gasteiger partial charge in [-0.25, -0.2) is 0 Å². The Kier molecular flexibility index (Phi) is 3.30. The molecule has 0 bridgehead atoms. The molecule has 1 rings (SSSR count). The van der Waals surface area contributed by atoms with E-state index in [-0.39, 0.29) is 11.3 Å². The molecule has 1 aliphatic rings. The van der Waals surface area contributed by atoms with Crippen molar-refractivity contribution < 1.29 is 4.79 Å². The van der Waals surface area contributed by atoms with Crippen molar-refractivity contribution in [1.82, 2.24) is 0 Å². The molecule has 0 saturated carbocycles. The highest BCUT2D eigenvalue weighted by molar-refractivity contribution is 5.57. The third-order valence-corrected chi connectivity index (χ3v) is 3.13. The second kappa shape index (κ2) is 4.12. The van der Waals surface area contributed by atoms with Gasteiger partial charge in [-0.15, -0.1) is 0 Å². The standard InChI is InChI=1S/C13H20O/c1-5-10(2)12-6-7-13(3,4)8-11(12)9-14/h5-7,9,11-12H,8H2,1-4H3/b10-5+. The maximum atomic E-state index is 11.0. The summed E-state index contributed by atoms with van der Waals surface area (Å²) < 4.78 is 0. The van der Waals surface area contributed by atoms with E-state index >= 15 is 0 Å². The van der Waals surface area contributed by atoms with Crippen LogP contribution in [-0.4, -0.2) is 6.29 Å². The van der Waals surface area contributed by atoms with Gasteiger partial charge in [-0.05, 0) is 25.7 Å². The smallest absolute Gasteiger partial charge is 0.124 e. The van der Waals surface area contributed by atoms with E-state index in [1.165, 1.54) is 5.57 Å². The molecule has 2 atom stereocenters. The van der Waals surface area contributed by atoms with E-state index < -0.39 is 0 Å². The summed E-state index contributed by atoms with van der Waals surface area (Å²) in [6.07, 6.45) is 8.61. The molecule has 0 aliphatic heterocycles. The van der Waals surface area contributed by atoms with Crippen LogP contribution in [0.5, 0.6) is 0 Å². The first-order valence-corrected chi connectivity index (χ1v) is 5.27. The molecular formula is C13H20O. The molecule has 14 heavy (non-hydrogen) atoms. The van der Waals surface area contributed by atoms with Gasteiger partial charge in [0.15, 0.2) is 0 Å². The van der Waals surface area contributed by atoms with Crippen LogP contribution in [0.1, 0.15) is 34.1 Å². The maximum Gasteiger partial charge on any atom is 0.124 e. The van der Waals surface area contributed by atoms with Crippen molar-refractivity contribution >= 4 is 6.29 Å². The van der Waals surface area contributed by atoms with Crippen LogP contribution >= 0.6 is 0 Å². The molecule has 0 aromatic rings. The van der Waals surface area contributed by atoms with Crippen molar-refractivity contribution in [3.63, 3.8) is 0 Å². The van der Waals surface area contributed by atoms with E-state index in [1.807, 2.05) is 6.92 Å². The summed E-state index contributed by atoms with van der Waals surface area (Å²) in [6, 6.07) is 0. The van der Waals surface area contributed by atoms with E-state index in [9.17, 15) is 4.79 Å². The molecule has 0 heterocycles. The monoisotopic (exact) mass is 192 g/mol. The molecule has 2 unspecified atom stereocenters. The zero-order valence-corrected chi connectivity index (χ0v) is 9.58. The summed E-state index contributed by atoms with van der Waals surface area (Å²) in [7, 11) is 0. The van der Waals surface area contributed by atoms with Crippen LogP contribution in [0.3, 0.4) is 0 Å². The molecule has 1 heteroatoms. The maximum absolute atomic E-state index is 11.0. The Bertz CT molecular complexity index is 271. The molecule has 78 valence electrons. The SMILES string of the molecule is C/C=C(\C)C1C=CC(C)(C)CC1C=O. The summed E-state index contributed by atoms with van der Waals surface area (Å²) in [5.74, 6) is 0.483. The van der Waals surface area contributed by atoms with Crippen molar-refractivity contribution in [1.29, 1.82) is 0 Å². The number of carbonyl (C=O) groups excluding carboxylic acids is 1. The fraction of sp³-hybridized carbons (Fsp3) is 0.615. The van der Waals surface area contributed by atoms with E-state index in [2.05, 4.69) is 39.0 Å². The molecule has 0 fully saturated rings. The molecule has 0 radical (unpaired) electrons. The Morgan fingerprint density at radius 1 is 1.50 bits per heavy atom. The van der Waals surface area contributed by atoms with E-state index in [4.69, 9.17) is 0 Å². The van der Waals surface area contributed by atoms with Gasteiger partial charge in [0.05, 0.1) is 0 Å². The first-order valence-electron chi connectivity index (χ1n) is 5.27. The van der Waals surface area contributed by atoms with Gasteiger partial charge in [-0.3, -0.25) is 0 Å². The molecule has 1 nitrogen and oxygen atoms in total. The van der Waals surface area contributed by atoms with E-state index in [1.54, 1.807) is 0 Å². The number of allylic oxidation sites excluding steroid dienone is 4. The summed E-state index contributed by atoms with van der Waals surface area (Å²) >= 11 is 0.